The predicted octanol–water partition coefficient (Wildman–Crippen LogP) is 4.34. The lowest BCUT2D eigenvalue weighted by molar-refractivity contribution is -0.385. The predicted molar refractivity (Wildman–Crippen MR) is 102 cm³/mol. The van der Waals surface area contributed by atoms with Gasteiger partial charge in [-0.15, -0.1) is 0 Å². The number of nitrogens with zero attached hydrogens (tertiary/aromatic N) is 1. The Morgan fingerprint density at radius 3 is 2.33 bits per heavy atom. The Kier molecular flexibility index (Phi) is 6.17. The SMILES string of the molecule is CC(C)(C)c1ccc(NC(=O)COC(=O)c2cc(Cl)ccc2[N+](=O)[O-])cc1. The molecule has 1 amide bonds. The third-order valence-corrected chi connectivity index (χ3v) is 3.98. The van der Waals surface area contributed by atoms with Gasteiger partial charge in [0.1, 0.15) is 5.56 Å². The Bertz CT molecular complexity index is 873. The molecule has 0 fully saturated rings. The summed E-state index contributed by atoms with van der Waals surface area (Å²) in [6.07, 6.45) is 0. The van der Waals surface area contributed by atoms with Crippen LogP contribution in [-0.4, -0.2) is 23.4 Å². The first kappa shape index (κ1) is 20.4. The fourth-order valence-corrected chi connectivity index (χ4v) is 2.46. The zero-order chi connectivity index (χ0) is 20.2. The van der Waals surface area contributed by atoms with E-state index < -0.39 is 29.1 Å². The molecule has 0 heterocycles. The lowest BCUT2D eigenvalue weighted by atomic mass is 9.87. The van der Waals surface area contributed by atoms with Gasteiger partial charge in [-0.2, -0.15) is 0 Å². The van der Waals surface area contributed by atoms with Gasteiger partial charge < -0.3 is 10.1 Å². The van der Waals surface area contributed by atoms with Gasteiger partial charge in [-0.1, -0.05) is 44.5 Å². The number of hydrogen-bond acceptors (Lipinski definition) is 5. The van der Waals surface area contributed by atoms with Crippen LogP contribution in [0.5, 0.6) is 0 Å². The summed E-state index contributed by atoms with van der Waals surface area (Å²) in [6.45, 7) is 5.66. The molecule has 8 heteroatoms. The Morgan fingerprint density at radius 1 is 1.15 bits per heavy atom. The standard InChI is InChI=1S/C19H19ClN2O5/c1-19(2,3)12-4-7-14(8-5-12)21-17(23)11-27-18(24)15-10-13(20)6-9-16(15)22(25)26/h4-10H,11H2,1-3H3,(H,21,23). The largest absolute Gasteiger partial charge is 0.452 e. The lowest BCUT2D eigenvalue weighted by Crippen LogP contribution is -2.21. The third kappa shape index (κ3) is 5.52. The summed E-state index contributed by atoms with van der Waals surface area (Å²) in [5.41, 5.74) is 0.902. The number of anilines is 1. The van der Waals surface area contributed by atoms with E-state index in [0.29, 0.717) is 5.69 Å². The topological polar surface area (TPSA) is 98.5 Å². The van der Waals surface area contributed by atoms with E-state index in [1.165, 1.54) is 6.07 Å². The second-order valence-corrected chi connectivity index (χ2v) is 7.31. The molecule has 142 valence electrons. The number of ether oxygens (including phenoxy) is 1. The second-order valence-electron chi connectivity index (χ2n) is 6.87. The number of hydrogen-bond donors (Lipinski definition) is 1. The van der Waals surface area contributed by atoms with Gasteiger partial charge in [0.05, 0.1) is 4.92 Å². The van der Waals surface area contributed by atoms with Crippen molar-refractivity contribution in [2.24, 2.45) is 0 Å². The molecule has 0 saturated heterocycles. The van der Waals surface area contributed by atoms with Crippen LogP contribution < -0.4 is 5.32 Å². The zero-order valence-corrected chi connectivity index (χ0v) is 15.9. The number of nitro groups is 1. The van der Waals surface area contributed by atoms with Gasteiger partial charge in [0.15, 0.2) is 6.61 Å². The Morgan fingerprint density at radius 2 is 1.78 bits per heavy atom. The minimum Gasteiger partial charge on any atom is -0.452 e. The van der Waals surface area contributed by atoms with Crippen LogP contribution >= 0.6 is 11.6 Å². The molecule has 0 radical (unpaired) electrons. The quantitative estimate of drug-likeness (QED) is 0.465. The van der Waals surface area contributed by atoms with Crippen LogP contribution in [0.15, 0.2) is 42.5 Å². The van der Waals surface area contributed by atoms with Crippen LogP contribution in [0, 0.1) is 10.1 Å². The van der Waals surface area contributed by atoms with Crippen LogP contribution in [0.1, 0.15) is 36.7 Å². The zero-order valence-electron chi connectivity index (χ0n) is 15.1. The molecule has 2 aromatic rings. The summed E-state index contributed by atoms with van der Waals surface area (Å²) >= 11 is 5.77. The van der Waals surface area contributed by atoms with Crippen molar-refractivity contribution >= 4 is 34.9 Å². The van der Waals surface area contributed by atoms with E-state index in [1.54, 1.807) is 12.1 Å². The summed E-state index contributed by atoms with van der Waals surface area (Å²) in [5, 5.41) is 13.7. The smallest absolute Gasteiger partial charge is 0.345 e. The maximum absolute atomic E-state index is 12.1. The molecular weight excluding hydrogens is 372 g/mol. The Labute approximate surface area is 161 Å². The first-order valence-corrected chi connectivity index (χ1v) is 8.47. The highest BCUT2D eigenvalue weighted by atomic mass is 35.5. The van der Waals surface area contributed by atoms with Crippen molar-refractivity contribution in [3.8, 4) is 0 Å². The van der Waals surface area contributed by atoms with Crippen molar-refractivity contribution in [3.05, 3.63) is 68.7 Å². The normalized spacial score (nSPS) is 11.0. The molecule has 0 aromatic heterocycles. The number of amides is 1. The van der Waals surface area contributed by atoms with Crippen molar-refractivity contribution in [2.45, 2.75) is 26.2 Å². The summed E-state index contributed by atoms with van der Waals surface area (Å²) in [5.74, 6) is -1.56. The molecule has 1 N–H and O–H groups in total. The summed E-state index contributed by atoms with van der Waals surface area (Å²) in [7, 11) is 0. The lowest BCUT2D eigenvalue weighted by Gasteiger charge is -2.19. The van der Waals surface area contributed by atoms with E-state index in [0.717, 1.165) is 17.7 Å². The third-order valence-electron chi connectivity index (χ3n) is 3.74. The molecule has 0 unspecified atom stereocenters. The number of rotatable bonds is 5. The number of carbonyl (C=O) groups is 2. The van der Waals surface area contributed by atoms with Crippen molar-refractivity contribution in [3.63, 3.8) is 0 Å². The fourth-order valence-electron chi connectivity index (χ4n) is 2.29. The van der Waals surface area contributed by atoms with E-state index in [1.807, 2.05) is 12.1 Å². The summed E-state index contributed by atoms with van der Waals surface area (Å²) in [4.78, 5) is 34.3. The van der Waals surface area contributed by atoms with Crippen molar-refractivity contribution in [2.75, 3.05) is 11.9 Å². The number of carbonyl (C=O) groups excluding carboxylic acids is 2. The summed E-state index contributed by atoms with van der Waals surface area (Å²) in [6, 6.07) is 10.8. The van der Waals surface area contributed by atoms with Crippen LogP contribution in [0.4, 0.5) is 11.4 Å². The molecule has 2 rings (SSSR count). The van der Waals surface area contributed by atoms with Crippen LogP contribution in [0.25, 0.3) is 0 Å². The van der Waals surface area contributed by atoms with Crippen molar-refractivity contribution < 1.29 is 19.2 Å². The number of nitro benzene ring substituents is 1. The first-order chi connectivity index (χ1) is 12.6. The highest BCUT2D eigenvalue weighted by Gasteiger charge is 2.22. The second kappa shape index (κ2) is 8.18. The van der Waals surface area contributed by atoms with Gasteiger partial charge in [-0.05, 0) is 35.2 Å². The van der Waals surface area contributed by atoms with E-state index in [4.69, 9.17) is 16.3 Å². The number of benzene rings is 2. The minimum absolute atomic E-state index is 0.0102. The molecule has 0 aliphatic carbocycles. The Balaban J connectivity index is 1.99. The summed E-state index contributed by atoms with van der Waals surface area (Å²) < 4.78 is 4.87. The fraction of sp³-hybridized carbons (Fsp3) is 0.263. The molecule has 2 aromatic carbocycles. The molecule has 0 aliphatic heterocycles. The van der Waals surface area contributed by atoms with E-state index in [2.05, 4.69) is 26.1 Å². The molecule has 27 heavy (non-hydrogen) atoms. The van der Waals surface area contributed by atoms with Crippen molar-refractivity contribution in [1.82, 2.24) is 0 Å². The monoisotopic (exact) mass is 390 g/mol. The average Bonchev–Trinajstić information content (AvgIpc) is 2.59. The minimum atomic E-state index is -0.998. The number of halogens is 1. The van der Waals surface area contributed by atoms with Gasteiger partial charge in [0.25, 0.3) is 11.6 Å². The molecule has 0 atom stereocenters. The van der Waals surface area contributed by atoms with Crippen LogP contribution in [-0.2, 0) is 14.9 Å². The molecule has 0 aliphatic rings. The van der Waals surface area contributed by atoms with Gasteiger partial charge in [-0.3, -0.25) is 14.9 Å². The maximum atomic E-state index is 12.1. The van der Waals surface area contributed by atoms with E-state index in [-0.39, 0.29) is 16.0 Å². The average molecular weight is 391 g/mol. The molecule has 7 nitrogen and oxygen atoms in total. The van der Waals surface area contributed by atoms with E-state index >= 15 is 0 Å². The van der Waals surface area contributed by atoms with E-state index in [9.17, 15) is 19.7 Å². The van der Waals surface area contributed by atoms with Gasteiger partial charge in [0, 0.05) is 16.8 Å². The van der Waals surface area contributed by atoms with Gasteiger partial charge in [0.2, 0.25) is 0 Å². The number of esters is 1. The van der Waals surface area contributed by atoms with Crippen LogP contribution in [0.3, 0.4) is 0 Å². The highest BCUT2D eigenvalue weighted by Crippen LogP contribution is 2.24. The number of nitrogens with one attached hydrogen (secondary N) is 1. The Hall–Kier alpha value is -2.93. The highest BCUT2D eigenvalue weighted by molar-refractivity contribution is 6.31. The van der Waals surface area contributed by atoms with Gasteiger partial charge >= 0.3 is 5.97 Å². The molecule has 0 bridgehead atoms. The van der Waals surface area contributed by atoms with Crippen molar-refractivity contribution in [1.29, 1.82) is 0 Å². The maximum Gasteiger partial charge on any atom is 0.345 e. The first-order valence-electron chi connectivity index (χ1n) is 8.09. The molecule has 0 spiro atoms. The van der Waals surface area contributed by atoms with Gasteiger partial charge in [-0.25, -0.2) is 4.79 Å². The molecular formula is C19H19ClN2O5. The molecule has 0 saturated carbocycles. The van der Waals surface area contributed by atoms with Crippen LogP contribution in [0.2, 0.25) is 5.02 Å².